The lowest BCUT2D eigenvalue weighted by atomic mass is 10.2. The fourth-order valence-corrected chi connectivity index (χ4v) is 2.58. The van der Waals surface area contributed by atoms with Gasteiger partial charge in [0.2, 0.25) is 0 Å². The zero-order chi connectivity index (χ0) is 17.4. The Morgan fingerprint density at radius 2 is 2.08 bits per heavy atom. The summed E-state index contributed by atoms with van der Waals surface area (Å²) < 4.78 is 3.88. The molecule has 0 fully saturated rings. The van der Waals surface area contributed by atoms with Crippen LogP contribution < -0.4 is 10.6 Å². The molecular weight excluding hydrogens is 429 g/mol. The van der Waals surface area contributed by atoms with E-state index in [1.54, 1.807) is 0 Å². The van der Waals surface area contributed by atoms with Crippen LogP contribution >= 0.6 is 24.0 Å². The third-order valence-corrected chi connectivity index (χ3v) is 3.71. The first kappa shape index (κ1) is 21.5. The number of nitrogens with zero attached hydrogens (tertiary/aromatic N) is 5. The van der Waals surface area contributed by atoms with Crippen molar-refractivity contribution in [2.75, 3.05) is 19.6 Å². The summed E-state index contributed by atoms with van der Waals surface area (Å²) in [5.74, 6) is 0.870. The monoisotopic (exact) mass is 459 g/mol. The van der Waals surface area contributed by atoms with Crippen molar-refractivity contribution in [3.63, 3.8) is 0 Å². The number of aryl methyl sites for hydroxylation is 4. The average Bonchev–Trinajstić information content (AvgIpc) is 3.08. The molecule has 25 heavy (non-hydrogen) atoms. The first-order chi connectivity index (χ1) is 11.6. The predicted molar refractivity (Wildman–Crippen MR) is 113 cm³/mol. The van der Waals surface area contributed by atoms with Crippen molar-refractivity contribution in [2.45, 2.75) is 40.2 Å². The van der Waals surface area contributed by atoms with E-state index < -0.39 is 0 Å². The normalized spacial score (nSPS) is 11.3. The molecule has 0 unspecified atom stereocenters. The molecule has 2 N–H and O–H groups in total. The molecule has 0 aromatic carbocycles. The third-order valence-electron chi connectivity index (χ3n) is 3.71. The number of halogens is 1. The van der Waals surface area contributed by atoms with Gasteiger partial charge in [-0.2, -0.15) is 10.2 Å². The summed E-state index contributed by atoms with van der Waals surface area (Å²) in [6.07, 6.45) is 5.85. The summed E-state index contributed by atoms with van der Waals surface area (Å²) in [4.78, 5) is 4.63. The molecule has 0 atom stereocenters. The van der Waals surface area contributed by atoms with Gasteiger partial charge in [-0.25, -0.2) is 0 Å². The quantitative estimate of drug-likeness (QED) is 0.274. The van der Waals surface area contributed by atoms with Gasteiger partial charge in [-0.1, -0.05) is 0 Å². The van der Waals surface area contributed by atoms with E-state index in [1.165, 1.54) is 11.3 Å². The minimum Gasteiger partial charge on any atom is -0.357 e. The molecule has 0 aliphatic carbocycles. The molecule has 0 amide bonds. The molecule has 2 rings (SSSR count). The molecule has 8 heteroatoms. The highest BCUT2D eigenvalue weighted by molar-refractivity contribution is 14.0. The first-order valence-electron chi connectivity index (χ1n) is 8.59. The first-order valence-corrected chi connectivity index (χ1v) is 8.59. The molecule has 0 saturated heterocycles. The van der Waals surface area contributed by atoms with Gasteiger partial charge >= 0.3 is 0 Å². The Bertz CT molecular complexity index is 660. The maximum absolute atomic E-state index is 4.63. The molecule has 0 aliphatic rings. The highest BCUT2D eigenvalue weighted by Crippen LogP contribution is 2.02. The fourth-order valence-electron chi connectivity index (χ4n) is 2.58. The highest BCUT2D eigenvalue weighted by atomic mass is 127. The Labute approximate surface area is 167 Å². The van der Waals surface area contributed by atoms with E-state index in [2.05, 4.69) is 45.7 Å². The summed E-state index contributed by atoms with van der Waals surface area (Å²) >= 11 is 0. The van der Waals surface area contributed by atoms with Gasteiger partial charge in [0.15, 0.2) is 5.96 Å². The van der Waals surface area contributed by atoms with E-state index in [9.17, 15) is 0 Å². The number of rotatable bonds is 8. The SMILES string of the molecule is CCNC(=NCCCn1nc(C)cc1C)NCCc1cnn(C)c1.I. The Kier molecular flexibility index (Phi) is 9.54. The lowest BCUT2D eigenvalue weighted by Gasteiger charge is -2.11. The Morgan fingerprint density at radius 3 is 2.68 bits per heavy atom. The standard InChI is InChI=1S/C17H29N7.HI/c1-5-18-17(20-9-7-16-12-21-23(4)13-16)19-8-6-10-24-15(3)11-14(2)22-24;/h11-13H,5-10H2,1-4H3,(H2,18,19,20);1H. The zero-order valence-corrected chi connectivity index (χ0v) is 17.9. The van der Waals surface area contributed by atoms with Crippen molar-refractivity contribution in [2.24, 2.45) is 12.0 Å². The van der Waals surface area contributed by atoms with Gasteiger partial charge in [0.1, 0.15) is 0 Å². The van der Waals surface area contributed by atoms with Crippen molar-refractivity contribution in [3.8, 4) is 0 Å². The van der Waals surface area contributed by atoms with Gasteiger partial charge < -0.3 is 10.6 Å². The van der Waals surface area contributed by atoms with Crippen LogP contribution in [0, 0.1) is 13.8 Å². The highest BCUT2D eigenvalue weighted by Gasteiger charge is 2.01. The van der Waals surface area contributed by atoms with Crippen LogP contribution in [0.25, 0.3) is 0 Å². The topological polar surface area (TPSA) is 72.1 Å². The number of nitrogens with one attached hydrogen (secondary N) is 2. The van der Waals surface area contributed by atoms with Gasteiger partial charge in [-0.3, -0.25) is 14.4 Å². The van der Waals surface area contributed by atoms with Crippen molar-refractivity contribution < 1.29 is 0 Å². The molecular formula is C17H30IN7. The second-order valence-corrected chi connectivity index (χ2v) is 5.96. The predicted octanol–water partition coefficient (Wildman–Crippen LogP) is 2.04. The largest absolute Gasteiger partial charge is 0.357 e. The molecule has 0 saturated carbocycles. The Balaban J connectivity index is 0.00000312. The minimum atomic E-state index is 0. The molecule has 0 spiro atoms. The van der Waals surface area contributed by atoms with E-state index in [4.69, 9.17) is 0 Å². The van der Waals surface area contributed by atoms with E-state index in [0.717, 1.165) is 50.7 Å². The van der Waals surface area contributed by atoms with Crippen LogP contribution in [0.3, 0.4) is 0 Å². The average molecular weight is 459 g/mol. The Hall–Kier alpha value is -1.58. The van der Waals surface area contributed by atoms with Crippen molar-refractivity contribution in [1.29, 1.82) is 0 Å². The molecule has 0 radical (unpaired) electrons. The van der Waals surface area contributed by atoms with Crippen molar-refractivity contribution >= 4 is 29.9 Å². The summed E-state index contributed by atoms with van der Waals surface area (Å²) in [7, 11) is 1.94. The molecule has 2 aromatic heterocycles. The molecule has 0 aliphatic heterocycles. The van der Waals surface area contributed by atoms with Gasteiger partial charge in [0.25, 0.3) is 0 Å². The third kappa shape index (κ3) is 7.45. The summed E-state index contributed by atoms with van der Waals surface area (Å²) in [6, 6.07) is 2.10. The van der Waals surface area contributed by atoms with Crippen LogP contribution in [-0.4, -0.2) is 45.2 Å². The fraction of sp³-hybridized carbons (Fsp3) is 0.588. The smallest absolute Gasteiger partial charge is 0.191 e. The molecule has 140 valence electrons. The number of hydrogen-bond donors (Lipinski definition) is 2. The zero-order valence-electron chi connectivity index (χ0n) is 15.6. The van der Waals surface area contributed by atoms with Gasteiger partial charge in [0, 0.05) is 45.1 Å². The molecule has 2 heterocycles. The van der Waals surface area contributed by atoms with Crippen LogP contribution in [0.4, 0.5) is 0 Å². The van der Waals surface area contributed by atoms with Crippen molar-refractivity contribution in [3.05, 3.63) is 35.4 Å². The number of aromatic nitrogens is 4. The van der Waals surface area contributed by atoms with E-state index in [1.807, 2.05) is 35.7 Å². The second kappa shape index (κ2) is 11.1. The van der Waals surface area contributed by atoms with Gasteiger partial charge in [-0.05, 0) is 45.2 Å². The van der Waals surface area contributed by atoms with Crippen LogP contribution in [-0.2, 0) is 20.0 Å². The Morgan fingerprint density at radius 1 is 1.28 bits per heavy atom. The lowest BCUT2D eigenvalue weighted by molar-refractivity contribution is 0.567. The number of hydrogen-bond acceptors (Lipinski definition) is 3. The summed E-state index contributed by atoms with van der Waals surface area (Å²) in [5.41, 5.74) is 3.50. The lowest BCUT2D eigenvalue weighted by Crippen LogP contribution is -2.38. The maximum atomic E-state index is 4.63. The summed E-state index contributed by atoms with van der Waals surface area (Å²) in [5, 5.41) is 15.3. The van der Waals surface area contributed by atoms with Crippen LogP contribution in [0.15, 0.2) is 23.5 Å². The molecule has 2 aromatic rings. The molecule has 7 nitrogen and oxygen atoms in total. The van der Waals surface area contributed by atoms with Crippen molar-refractivity contribution in [1.82, 2.24) is 30.2 Å². The number of aliphatic imine (C=N–C) groups is 1. The van der Waals surface area contributed by atoms with E-state index in [0.29, 0.717) is 0 Å². The van der Waals surface area contributed by atoms with Crippen LogP contribution in [0.2, 0.25) is 0 Å². The van der Waals surface area contributed by atoms with Gasteiger partial charge in [0.05, 0.1) is 11.9 Å². The van der Waals surface area contributed by atoms with Crippen LogP contribution in [0.1, 0.15) is 30.3 Å². The maximum Gasteiger partial charge on any atom is 0.191 e. The van der Waals surface area contributed by atoms with E-state index >= 15 is 0 Å². The summed E-state index contributed by atoms with van der Waals surface area (Å²) in [6.45, 7) is 9.57. The minimum absolute atomic E-state index is 0. The number of guanidine groups is 1. The molecule has 0 bridgehead atoms. The second-order valence-electron chi connectivity index (χ2n) is 5.96. The van der Waals surface area contributed by atoms with Crippen LogP contribution in [0.5, 0.6) is 0 Å². The van der Waals surface area contributed by atoms with Gasteiger partial charge in [-0.15, -0.1) is 24.0 Å². The van der Waals surface area contributed by atoms with E-state index in [-0.39, 0.29) is 24.0 Å².